The molecule has 2 aliphatic heterocycles. The highest BCUT2D eigenvalue weighted by Gasteiger charge is 2.38. The number of aliphatic hydroxyl groups excluding tert-OH is 1. The number of piperidine rings is 1. The van der Waals surface area contributed by atoms with Crippen LogP contribution in [0.4, 0.5) is 24.8 Å². The molecule has 2 aliphatic rings. The predicted octanol–water partition coefficient (Wildman–Crippen LogP) is 3.68. The molecule has 8 nitrogen and oxygen atoms in total. The molecule has 0 bridgehead atoms. The highest BCUT2D eigenvalue weighted by Crippen LogP contribution is 2.34. The molecule has 4 rings (SSSR count). The van der Waals surface area contributed by atoms with Gasteiger partial charge in [0.1, 0.15) is 17.7 Å². The summed E-state index contributed by atoms with van der Waals surface area (Å²) in [6.07, 6.45) is 0.361. The van der Waals surface area contributed by atoms with E-state index in [2.05, 4.69) is 21.4 Å². The third kappa shape index (κ3) is 6.92. The van der Waals surface area contributed by atoms with Crippen molar-refractivity contribution in [3.05, 3.63) is 47.3 Å². The second-order valence-corrected chi connectivity index (χ2v) is 9.90. The summed E-state index contributed by atoms with van der Waals surface area (Å²) in [5, 5.41) is 20.9. The van der Waals surface area contributed by atoms with Crippen LogP contribution in [0, 0.1) is 17.2 Å². The Labute approximate surface area is 220 Å². The Morgan fingerprint density at radius 1 is 1.11 bits per heavy atom. The van der Waals surface area contributed by atoms with E-state index in [0.717, 1.165) is 31.2 Å². The Hall–Kier alpha value is -3.39. The summed E-state index contributed by atoms with van der Waals surface area (Å²) < 4.78 is 41.3. The molecule has 0 unspecified atom stereocenters. The number of alkyl halides is 3. The first kappa shape index (κ1) is 27.6. The Morgan fingerprint density at radius 3 is 2.47 bits per heavy atom. The molecule has 38 heavy (non-hydrogen) atoms. The smallest absolute Gasteiger partial charge is 0.396 e. The molecule has 1 amide bonds. The normalized spacial score (nSPS) is 18.4. The van der Waals surface area contributed by atoms with Crippen LogP contribution < -0.4 is 15.1 Å². The van der Waals surface area contributed by atoms with Gasteiger partial charge >= 0.3 is 6.18 Å². The highest BCUT2D eigenvalue weighted by atomic mass is 19.4. The average molecular weight is 531 g/mol. The van der Waals surface area contributed by atoms with Crippen LogP contribution in [0.1, 0.15) is 55.5 Å². The molecule has 2 N–H and O–H groups in total. The van der Waals surface area contributed by atoms with Gasteiger partial charge in [-0.15, -0.1) is 0 Å². The number of hydrogen-bond acceptors (Lipinski definition) is 7. The van der Waals surface area contributed by atoms with Crippen LogP contribution in [0.2, 0.25) is 0 Å². The predicted molar refractivity (Wildman–Crippen MR) is 137 cm³/mol. The lowest BCUT2D eigenvalue weighted by Gasteiger charge is -2.34. The van der Waals surface area contributed by atoms with E-state index in [-0.39, 0.29) is 24.1 Å². The maximum atomic E-state index is 13.8. The van der Waals surface area contributed by atoms with E-state index in [1.54, 1.807) is 23.1 Å². The van der Waals surface area contributed by atoms with Gasteiger partial charge in [0.15, 0.2) is 0 Å². The standard InChI is InChI=1S/C27H33F3N6O2/c28-27(29,30)26-33-23(35-14-10-19(11-15-35)3-2-16-37)17-24(34-26)36-13-1-4-22(36)25(38)32-12-9-20-5-7-21(18-31)8-6-20/h5-8,17,19,22,37H,1-4,9-16H2,(H,32,38)/t22-/m0/s1. The Balaban J connectivity index is 1.45. The van der Waals surface area contributed by atoms with Crippen molar-refractivity contribution < 1.29 is 23.1 Å². The number of anilines is 2. The summed E-state index contributed by atoms with van der Waals surface area (Å²) in [6.45, 7) is 2.13. The van der Waals surface area contributed by atoms with Gasteiger partial charge in [-0.2, -0.15) is 18.4 Å². The van der Waals surface area contributed by atoms with Crippen LogP contribution in [0.25, 0.3) is 0 Å². The van der Waals surface area contributed by atoms with Crippen LogP contribution in [-0.4, -0.2) is 59.8 Å². The molecular weight excluding hydrogens is 497 g/mol. The zero-order valence-corrected chi connectivity index (χ0v) is 21.3. The first-order valence-electron chi connectivity index (χ1n) is 13.1. The van der Waals surface area contributed by atoms with Crippen molar-refractivity contribution in [2.24, 2.45) is 5.92 Å². The van der Waals surface area contributed by atoms with E-state index in [0.29, 0.717) is 56.9 Å². The van der Waals surface area contributed by atoms with E-state index < -0.39 is 18.0 Å². The minimum absolute atomic E-state index is 0.120. The van der Waals surface area contributed by atoms with Crippen molar-refractivity contribution in [3.63, 3.8) is 0 Å². The molecule has 0 saturated carbocycles. The van der Waals surface area contributed by atoms with Crippen LogP contribution in [0.15, 0.2) is 30.3 Å². The molecule has 0 aliphatic carbocycles. The molecular formula is C27H33F3N6O2. The molecule has 1 aromatic carbocycles. The van der Waals surface area contributed by atoms with Crippen LogP contribution in [0.5, 0.6) is 0 Å². The summed E-state index contributed by atoms with van der Waals surface area (Å²) in [6, 6.07) is 10.1. The molecule has 2 aromatic rings. The van der Waals surface area contributed by atoms with Gasteiger partial charge in [0.05, 0.1) is 11.6 Å². The molecule has 0 radical (unpaired) electrons. The Bertz CT molecular complexity index is 1130. The minimum atomic E-state index is -4.71. The van der Waals surface area contributed by atoms with Gasteiger partial charge in [-0.1, -0.05) is 12.1 Å². The van der Waals surface area contributed by atoms with Gasteiger partial charge in [-0.25, -0.2) is 9.97 Å². The SMILES string of the molecule is N#Cc1ccc(CCNC(=O)[C@@H]2CCCN2c2cc(N3CCC(CCCO)CC3)nc(C(F)(F)F)n2)cc1. The largest absolute Gasteiger partial charge is 0.451 e. The van der Waals surface area contributed by atoms with Crippen LogP contribution >= 0.6 is 0 Å². The fraction of sp³-hybridized carbons (Fsp3) is 0.556. The van der Waals surface area contributed by atoms with Crippen molar-refractivity contribution in [1.29, 1.82) is 5.26 Å². The third-order valence-electron chi connectivity index (χ3n) is 7.31. The topological polar surface area (TPSA) is 105 Å². The van der Waals surface area contributed by atoms with E-state index in [9.17, 15) is 18.0 Å². The number of nitriles is 1. The number of amides is 1. The average Bonchev–Trinajstić information content (AvgIpc) is 3.42. The first-order chi connectivity index (χ1) is 18.3. The molecule has 3 heterocycles. The highest BCUT2D eigenvalue weighted by molar-refractivity contribution is 5.85. The maximum absolute atomic E-state index is 13.8. The van der Waals surface area contributed by atoms with Crippen molar-refractivity contribution in [2.45, 2.75) is 57.2 Å². The van der Waals surface area contributed by atoms with Crippen molar-refractivity contribution in [1.82, 2.24) is 15.3 Å². The monoisotopic (exact) mass is 530 g/mol. The lowest BCUT2D eigenvalue weighted by molar-refractivity contribution is -0.144. The molecule has 1 atom stereocenters. The number of benzene rings is 1. The lowest BCUT2D eigenvalue weighted by Crippen LogP contribution is -2.44. The van der Waals surface area contributed by atoms with E-state index >= 15 is 0 Å². The number of hydrogen-bond donors (Lipinski definition) is 2. The summed E-state index contributed by atoms with van der Waals surface area (Å²) in [4.78, 5) is 24.2. The molecule has 204 valence electrons. The van der Waals surface area contributed by atoms with Crippen molar-refractivity contribution in [3.8, 4) is 6.07 Å². The van der Waals surface area contributed by atoms with Crippen molar-refractivity contribution in [2.75, 3.05) is 42.6 Å². The summed E-state index contributed by atoms with van der Waals surface area (Å²) in [7, 11) is 0. The Kier molecular flexibility index (Phi) is 9.05. The summed E-state index contributed by atoms with van der Waals surface area (Å²) >= 11 is 0. The molecule has 0 spiro atoms. The minimum Gasteiger partial charge on any atom is -0.396 e. The summed E-state index contributed by atoms with van der Waals surface area (Å²) in [5.74, 6) is -0.643. The van der Waals surface area contributed by atoms with E-state index in [1.165, 1.54) is 0 Å². The fourth-order valence-electron chi connectivity index (χ4n) is 5.20. The number of rotatable bonds is 9. The Morgan fingerprint density at radius 2 is 1.82 bits per heavy atom. The number of aliphatic hydroxyl groups is 1. The van der Waals surface area contributed by atoms with Gasteiger partial charge in [-0.05, 0) is 68.6 Å². The first-order valence-corrected chi connectivity index (χ1v) is 13.1. The van der Waals surface area contributed by atoms with Gasteiger partial charge < -0.3 is 20.2 Å². The molecule has 2 saturated heterocycles. The zero-order chi connectivity index (χ0) is 27.1. The fourth-order valence-corrected chi connectivity index (χ4v) is 5.20. The van der Waals surface area contributed by atoms with E-state index in [4.69, 9.17) is 10.4 Å². The number of carbonyl (C=O) groups is 1. The van der Waals surface area contributed by atoms with Crippen LogP contribution in [0.3, 0.4) is 0 Å². The number of halogens is 3. The third-order valence-corrected chi connectivity index (χ3v) is 7.31. The quantitative estimate of drug-likeness (QED) is 0.510. The van der Waals surface area contributed by atoms with Gasteiger partial charge in [-0.3, -0.25) is 4.79 Å². The molecule has 11 heteroatoms. The lowest BCUT2D eigenvalue weighted by atomic mass is 9.92. The number of nitrogens with zero attached hydrogens (tertiary/aromatic N) is 5. The molecule has 2 fully saturated rings. The molecule has 1 aromatic heterocycles. The summed E-state index contributed by atoms with van der Waals surface area (Å²) in [5.41, 5.74) is 1.54. The number of nitrogens with one attached hydrogen (secondary N) is 1. The maximum Gasteiger partial charge on any atom is 0.451 e. The van der Waals surface area contributed by atoms with Gasteiger partial charge in [0.2, 0.25) is 11.7 Å². The van der Waals surface area contributed by atoms with Crippen molar-refractivity contribution >= 4 is 17.5 Å². The van der Waals surface area contributed by atoms with Crippen LogP contribution in [-0.2, 0) is 17.4 Å². The second kappa shape index (κ2) is 12.4. The van der Waals surface area contributed by atoms with E-state index in [1.807, 2.05) is 17.0 Å². The zero-order valence-electron chi connectivity index (χ0n) is 21.3. The van der Waals surface area contributed by atoms with Gasteiger partial charge in [0, 0.05) is 38.9 Å². The second-order valence-electron chi connectivity index (χ2n) is 9.90. The van der Waals surface area contributed by atoms with Gasteiger partial charge in [0.25, 0.3) is 0 Å². The number of carbonyl (C=O) groups excluding carboxylic acids is 1. The number of aromatic nitrogens is 2.